The Bertz CT molecular complexity index is 614. The number of benzene rings is 1. The van der Waals surface area contributed by atoms with Crippen molar-refractivity contribution in [2.24, 2.45) is 5.92 Å². The molecule has 1 aliphatic heterocycles. The van der Waals surface area contributed by atoms with Crippen LogP contribution in [0, 0.1) is 5.92 Å². The monoisotopic (exact) mass is 313 g/mol. The van der Waals surface area contributed by atoms with E-state index in [0.29, 0.717) is 13.0 Å². The first-order chi connectivity index (χ1) is 10.0. The molecule has 0 aromatic heterocycles. The van der Waals surface area contributed by atoms with Crippen molar-refractivity contribution < 1.29 is 23.1 Å². The standard InChI is InChI=1S/C14H19NO5S/c1-20-14(17)12-6-2-3-7-13(12)21(18,19)15-8-4-5-11(9-15)10-16/h2-3,6-7,11,16H,4-5,8-10H2,1H3. The van der Waals surface area contributed by atoms with Gasteiger partial charge in [0.15, 0.2) is 0 Å². The van der Waals surface area contributed by atoms with Gasteiger partial charge in [-0.1, -0.05) is 12.1 Å². The molecule has 0 amide bonds. The van der Waals surface area contributed by atoms with Crippen molar-refractivity contribution in [3.05, 3.63) is 29.8 Å². The van der Waals surface area contributed by atoms with Crippen LogP contribution in [0.1, 0.15) is 23.2 Å². The van der Waals surface area contributed by atoms with Crippen LogP contribution in [0.5, 0.6) is 0 Å². The molecule has 0 spiro atoms. The highest BCUT2D eigenvalue weighted by molar-refractivity contribution is 7.89. The van der Waals surface area contributed by atoms with Gasteiger partial charge in [0, 0.05) is 19.7 Å². The Balaban J connectivity index is 2.38. The molecule has 1 aliphatic rings. The predicted molar refractivity (Wildman–Crippen MR) is 76.4 cm³/mol. The molecule has 1 atom stereocenters. The summed E-state index contributed by atoms with van der Waals surface area (Å²) in [5, 5.41) is 9.23. The van der Waals surface area contributed by atoms with E-state index in [-0.39, 0.29) is 29.5 Å². The highest BCUT2D eigenvalue weighted by Crippen LogP contribution is 2.26. The van der Waals surface area contributed by atoms with Crippen LogP contribution in [0.3, 0.4) is 0 Å². The van der Waals surface area contributed by atoms with E-state index in [2.05, 4.69) is 4.74 Å². The molecule has 1 aromatic rings. The van der Waals surface area contributed by atoms with Gasteiger partial charge >= 0.3 is 5.97 Å². The number of aliphatic hydroxyl groups is 1. The molecule has 21 heavy (non-hydrogen) atoms. The van der Waals surface area contributed by atoms with Crippen molar-refractivity contribution in [2.45, 2.75) is 17.7 Å². The first kappa shape index (κ1) is 15.9. The molecule has 6 nitrogen and oxygen atoms in total. The van der Waals surface area contributed by atoms with Gasteiger partial charge in [0.2, 0.25) is 10.0 Å². The molecule has 7 heteroatoms. The van der Waals surface area contributed by atoms with Gasteiger partial charge in [-0.05, 0) is 30.9 Å². The number of ether oxygens (including phenoxy) is 1. The summed E-state index contributed by atoms with van der Waals surface area (Å²) in [6, 6.07) is 6.02. The number of aliphatic hydroxyl groups excluding tert-OH is 1. The molecule has 1 aromatic carbocycles. The lowest BCUT2D eigenvalue weighted by Crippen LogP contribution is -2.41. The fraction of sp³-hybridized carbons (Fsp3) is 0.500. The highest BCUT2D eigenvalue weighted by atomic mass is 32.2. The van der Waals surface area contributed by atoms with Crippen molar-refractivity contribution >= 4 is 16.0 Å². The predicted octanol–water partition coefficient (Wildman–Crippen LogP) is 0.866. The number of hydrogen-bond acceptors (Lipinski definition) is 5. The molecule has 1 unspecified atom stereocenters. The molecule has 2 rings (SSSR count). The number of hydrogen-bond donors (Lipinski definition) is 1. The van der Waals surface area contributed by atoms with Gasteiger partial charge in [0.1, 0.15) is 0 Å². The van der Waals surface area contributed by atoms with Gasteiger partial charge < -0.3 is 9.84 Å². The zero-order chi connectivity index (χ0) is 15.5. The molecule has 1 heterocycles. The van der Waals surface area contributed by atoms with Gasteiger partial charge in [-0.25, -0.2) is 13.2 Å². The number of carbonyl (C=O) groups is 1. The topological polar surface area (TPSA) is 83.9 Å². The molecular weight excluding hydrogens is 294 g/mol. The van der Waals surface area contributed by atoms with Gasteiger partial charge in [-0.3, -0.25) is 0 Å². The van der Waals surface area contributed by atoms with Crippen LogP contribution in [0.15, 0.2) is 29.2 Å². The van der Waals surface area contributed by atoms with Crippen LogP contribution in [-0.2, 0) is 14.8 Å². The first-order valence-corrected chi connectivity index (χ1v) is 8.23. The Kier molecular flexibility index (Phi) is 4.97. The Hall–Kier alpha value is -1.44. The van der Waals surface area contributed by atoms with E-state index in [4.69, 9.17) is 0 Å². The Morgan fingerprint density at radius 2 is 2.14 bits per heavy atom. The molecule has 0 bridgehead atoms. The minimum absolute atomic E-state index is 0.0334. The first-order valence-electron chi connectivity index (χ1n) is 6.79. The lowest BCUT2D eigenvalue weighted by molar-refractivity contribution is 0.0596. The maximum atomic E-state index is 12.7. The van der Waals surface area contributed by atoms with E-state index in [0.717, 1.165) is 6.42 Å². The summed E-state index contributed by atoms with van der Waals surface area (Å²) in [5.74, 6) is -0.733. The fourth-order valence-corrected chi connectivity index (χ4v) is 4.24. The second kappa shape index (κ2) is 6.55. The summed E-state index contributed by atoms with van der Waals surface area (Å²) in [4.78, 5) is 11.7. The van der Waals surface area contributed by atoms with Crippen molar-refractivity contribution in [3.63, 3.8) is 0 Å². The average Bonchev–Trinajstić information content (AvgIpc) is 2.54. The van der Waals surface area contributed by atoms with E-state index in [1.54, 1.807) is 12.1 Å². The molecular formula is C14H19NO5S. The van der Waals surface area contributed by atoms with Crippen molar-refractivity contribution in [3.8, 4) is 0 Å². The minimum atomic E-state index is -3.77. The van der Waals surface area contributed by atoms with Crippen LogP contribution in [0.25, 0.3) is 0 Å². The van der Waals surface area contributed by atoms with Crippen LogP contribution >= 0.6 is 0 Å². The number of nitrogens with zero attached hydrogens (tertiary/aromatic N) is 1. The van der Waals surface area contributed by atoms with E-state index < -0.39 is 16.0 Å². The van der Waals surface area contributed by atoms with E-state index in [9.17, 15) is 18.3 Å². The summed E-state index contributed by atoms with van der Waals surface area (Å²) < 4.78 is 31.4. The van der Waals surface area contributed by atoms with Crippen molar-refractivity contribution in [2.75, 3.05) is 26.8 Å². The molecule has 1 saturated heterocycles. The maximum Gasteiger partial charge on any atom is 0.339 e. The molecule has 0 saturated carbocycles. The summed E-state index contributed by atoms with van der Waals surface area (Å²) in [6.07, 6.45) is 1.51. The highest BCUT2D eigenvalue weighted by Gasteiger charge is 2.32. The maximum absolute atomic E-state index is 12.7. The minimum Gasteiger partial charge on any atom is -0.465 e. The van der Waals surface area contributed by atoms with Gasteiger partial charge in [-0.2, -0.15) is 4.31 Å². The average molecular weight is 313 g/mol. The van der Waals surface area contributed by atoms with E-state index in [1.165, 1.54) is 23.5 Å². The SMILES string of the molecule is COC(=O)c1ccccc1S(=O)(=O)N1CCCC(CO)C1. The number of methoxy groups -OCH3 is 1. The van der Waals surface area contributed by atoms with Crippen LogP contribution < -0.4 is 0 Å². The van der Waals surface area contributed by atoms with Crippen LogP contribution in [-0.4, -0.2) is 50.6 Å². The molecule has 116 valence electrons. The van der Waals surface area contributed by atoms with Crippen molar-refractivity contribution in [1.82, 2.24) is 4.31 Å². The lowest BCUT2D eigenvalue weighted by atomic mass is 10.0. The van der Waals surface area contributed by atoms with Gasteiger partial charge in [0.05, 0.1) is 17.6 Å². The largest absolute Gasteiger partial charge is 0.465 e. The number of carbonyl (C=O) groups excluding carboxylic acids is 1. The summed E-state index contributed by atoms with van der Waals surface area (Å²) >= 11 is 0. The number of piperidine rings is 1. The second-order valence-electron chi connectivity index (χ2n) is 5.04. The molecule has 0 radical (unpaired) electrons. The molecule has 1 fully saturated rings. The Labute approximate surface area is 124 Å². The number of rotatable bonds is 4. The quantitative estimate of drug-likeness (QED) is 0.834. The smallest absolute Gasteiger partial charge is 0.339 e. The third-order valence-electron chi connectivity index (χ3n) is 3.65. The zero-order valence-electron chi connectivity index (χ0n) is 11.9. The third kappa shape index (κ3) is 3.25. The van der Waals surface area contributed by atoms with E-state index in [1.807, 2.05) is 0 Å². The zero-order valence-corrected chi connectivity index (χ0v) is 12.7. The summed E-state index contributed by atoms with van der Waals surface area (Å²) in [6.45, 7) is 0.632. The Morgan fingerprint density at radius 3 is 2.81 bits per heavy atom. The van der Waals surface area contributed by atoms with Gasteiger partial charge in [0.25, 0.3) is 0 Å². The van der Waals surface area contributed by atoms with Crippen LogP contribution in [0.4, 0.5) is 0 Å². The number of esters is 1. The third-order valence-corrected chi connectivity index (χ3v) is 5.57. The van der Waals surface area contributed by atoms with Gasteiger partial charge in [-0.15, -0.1) is 0 Å². The fourth-order valence-electron chi connectivity index (χ4n) is 2.50. The van der Waals surface area contributed by atoms with Crippen molar-refractivity contribution in [1.29, 1.82) is 0 Å². The summed E-state index contributed by atoms with van der Waals surface area (Å²) in [7, 11) is -2.55. The Morgan fingerprint density at radius 1 is 1.43 bits per heavy atom. The number of sulfonamides is 1. The molecule has 0 aliphatic carbocycles. The second-order valence-corrected chi connectivity index (χ2v) is 6.95. The van der Waals surface area contributed by atoms with E-state index >= 15 is 0 Å². The normalized spacial score (nSPS) is 20.2. The van der Waals surface area contributed by atoms with Crippen LogP contribution in [0.2, 0.25) is 0 Å². The lowest BCUT2D eigenvalue weighted by Gasteiger charge is -2.31. The summed E-state index contributed by atoms with van der Waals surface area (Å²) in [5.41, 5.74) is 0.0334. The molecule has 1 N–H and O–H groups in total.